The zero-order chi connectivity index (χ0) is 17.1. The van der Waals surface area contributed by atoms with Gasteiger partial charge in [-0.25, -0.2) is 4.98 Å². The standard InChI is InChI=1S/C23H19NS/c1-17-16-22(24-21-15-9-8-14-20(17)21)25-23(18-10-4-2-5-11-18)19-12-6-3-7-13-19/h2-16,23H,1H3. The van der Waals surface area contributed by atoms with Crippen LogP contribution in [0.5, 0.6) is 0 Å². The van der Waals surface area contributed by atoms with E-state index >= 15 is 0 Å². The van der Waals surface area contributed by atoms with Gasteiger partial charge in [-0.05, 0) is 35.7 Å². The summed E-state index contributed by atoms with van der Waals surface area (Å²) in [5.41, 5.74) is 4.93. The minimum atomic E-state index is 0.232. The van der Waals surface area contributed by atoms with Crippen LogP contribution in [0.1, 0.15) is 21.9 Å². The van der Waals surface area contributed by atoms with Gasteiger partial charge in [0.05, 0.1) is 15.8 Å². The zero-order valence-corrected chi connectivity index (χ0v) is 14.9. The van der Waals surface area contributed by atoms with Gasteiger partial charge in [0, 0.05) is 5.39 Å². The molecule has 0 aliphatic carbocycles. The number of nitrogens with zero attached hydrogens (tertiary/aromatic N) is 1. The van der Waals surface area contributed by atoms with Crippen molar-refractivity contribution in [3.8, 4) is 0 Å². The van der Waals surface area contributed by atoms with Crippen molar-refractivity contribution in [1.29, 1.82) is 0 Å². The third-order valence-corrected chi connectivity index (χ3v) is 5.57. The summed E-state index contributed by atoms with van der Waals surface area (Å²) in [5, 5.41) is 2.52. The van der Waals surface area contributed by atoms with Crippen LogP contribution in [0, 0.1) is 6.92 Å². The highest BCUT2D eigenvalue weighted by Crippen LogP contribution is 2.40. The van der Waals surface area contributed by atoms with Crippen LogP contribution in [0.4, 0.5) is 0 Å². The summed E-state index contributed by atoms with van der Waals surface area (Å²) in [5.74, 6) is 0. The lowest BCUT2D eigenvalue weighted by Crippen LogP contribution is -1.98. The van der Waals surface area contributed by atoms with E-state index in [1.807, 2.05) is 11.8 Å². The molecule has 3 aromatic carbocycles. The predicted octanol–water partition coefficient (Wildman–Crippen LogP) is 6.42. The van der Waals surface area contributed by atoms with Crippen LogP contribution < -0.4 is 0 Å². The van der Waals surface area contributed by atoms with Crippen molar-refractivity contribution >= 4 is 22.7 Å². The SMILES string of the molecule is Cc1cc(SC(c2ccccc2)c2ccccc2)nc2ccccc12. The number of pyridine rings is 1. The lowest BCUT2D eigenvalue weighted by atomic mass is 10.0. The van der Waals surface area contributed by atoms with Gasteiger partial charge in [-0.15, -0.1) is 0 Å². The number of rotatable bonds is 4. The summed E-state index contributed by atoms with van der Waals surface area (Å²) in [6, 6.07) is 31.9. The number of para-hydroxylation sites is 1. The van der Waals surface area contributed by atoms with Gasteiger partial charge in [-0.1, -0.05) is 90.6 Å². The van der Waals surface area contributed by atoms with Crippen LogP contribution in [0.25, 0.3) is 10.9 Å². The molecule has 1 heterocycles. The Kier molecular flexibility index (Phi) is 4.53. The molecule has 1 aromatic heterocycles. The first kappa shape index (κ1) is 15.9. The maximum absolute atomic E-state index is 4.89. The minimum absolute atomic E-state index is 0.232. The number of fused-ring (bicyclic) bond motifs is 1. The lowest BCUT2D eigenvalue weighted by molar-refractivity contribution is 1.11. The second kappa shape index (κ2) is 7.12. The quantitative estimate of drug-likeness (QED) is 0.397. The van der Waals surface area contributed by atoms with Crippen molar-refractivity contribution in [3.05, 3.63) is 108 Å². The second-order valence-corrected chi connectivity index (χ2v) is 7.24. The van der Waals surface area contributed by atoms with Crippen molar-refractivity contribution in [2.45, 2.75) is 17.2 Å². The number of benzene rings is 3. The Morgan fingerprint density at radius 1 is 0.720 bits per heavy atom. The van der Waals surface area contributed by atoms with Crippen LogP contribution >= 0.6 is 11.8 Å². The number of hydrogen-bond donors (Lipinski definition) is 0. The van der Waals surface area contributed by atoms with Crippen molar-refractivity contribution in [2.75, 3.05) is 0 Å². The summed E-state index contributed by atoms with van der Waals surface area (Å²) in [6.07, 6.45) is 0. The van der Waals surface area contributed by atoms with Gasteiger partial charge in [0.25, 0.3) is 0 Å². The second-order valence-electron chi connectivity index (χ2n) is 6.11. The van der Waals surface area contributed by atoms with Crippen LogP contribution in [0.3, 0.4) is 0 Å². The number of aryl methyl sites for hydroxylation is 1. The Hall–Kier alpha value is -2.58. The van der Waals surface area contributed by atoms with E-state index in [1.165, 1.54) is 22.1 Å². The van der Waals surface area contributed by atoms with Gasteiger partial charge in [-0.3, -0.25) is 0 Å². The summed E-state index contributed by atoms with van der Waals surface area (Å²) >= 11 is 1.81. The highest BCUT2D eigenvalue weighted by atomic mass is 32.2. The molecule has 0 spiro atoms. The van der Waals surface area contributed by atoms with Crippen LogP contribution in [-0.2, 0) is 0 Å². The van der Waals surface area contributed by atoms with E-state index in [0.29, 0.717) is 0 Å². The largest absolute Gasteiger partial charge is 0.241 e. The van der Waals surface area contributed by atoms with Crippen molar-refractivity contribution in [1.82, 2.24) is 4.98 Å². The fourth-order valence-electron chi connectivity index (χ4n) is 3.08. The number of aromatic nitrogens is 1. The molecule has 0 bridgehead atoms. The van der Waals surface area contributed by atoms with E-state index in [0.717, 1.165) is 10.5 Å². The number of thioether (sulfide) groups is 1. The Balaban J connectivity index is 1.77. The first-order valence-corrected chi connectivity index (χ1v) is 9.32. The first-order chi connectivity index (χ1) is 12.3. The Bertz CT molecular complexity index is 941. The van der Waals surface area contributed by atoms with Crippen molar-refractivity contribution in [3.63, 3.8) is 0 Å². The van der Waals surface area contributed by atoms with Gasteiger partial charge in [-0.2, -0.15) is 0 Å². The van der Waals surface area contributed by atoms with E-state index in [-0.39, 0.29) is 5.25 Å². The molecule has 0 aliphatic heterocycles. The molecular weight excluding hydrogens is 322 g/mol. The van der Waals surface area contributed by atoms with E-state index in [4.69, 9.17) is 4.98 Å². The summed E-state index contributed by atoms with van der Waals surface area (Å²) in [7, 11) is 0. The average Bonchev–Trinajstić information content (AvgIpc) is 2.67. The molecule has 4 aromatic rings. The van der Waals surface area contributed by atoms with Gasteiger partial charge >= 0.3 is 0 Å². The molecular formula is C23H19NS. The van der Waals surface area contributed by atoms with Gasteiger partial charge in [0.15, 0.2) is 0 Å². The van der Waals surface area contributed by atoms with E-state index < -0.39 is 0 Å². The maximum atomic E-state index is 4.89. The molecule has 0 radical (unpaired) electrons. The smallest absolute Gasteiger partial charge is 0.0979 e. The highest BCUT2D eigenvalue weighted by molar-refractivity contribution is 7.99. The van der Waals surface area contributed by atoms with E-state index in [1.54, 1.807) is 0 Å². The molecule has 0 atom stereocenters. The zero-order valence-electron chi connectivity index (χ0n) is 14.1. The molecule has 1 nitrogen and oxygen atoms in total. The maximum Gasteiger partial charge on any atom is 0.0979 e. The van der Waals surface area contributed by atoms with E-state index in [2.05, 4.69) is 97.9 Å². The topological polar surface area (TPSA) is 12.9 Å². The molecule has 2 heteroatoms. The van der Waals surface area contributed by atoms with Crippen molar-refractivity contribution in [2.24, 2.45) is 0 Å². The first-order valence-electron chi connectivity index (χ1n) is 8.44. The van der Waals surface area contributed by atoms with E-state index in [9.17, 15) is 0 Å². The van der Waals surface area contributed by atoms with Crippen LogP contribution in [0.2, 0.25) is 0 Å². The Morgan fingerprint density at radius 3 is 1.92 bits per heavy atom. The molecule has 0 saturated carbocycles. The third-order valence-electron chi connectivity index (χ3n) is 4.34. The molecule has 25 heavy (non-hydrogen) atoms. The average molecular weight is 341 g/mol. The highest BCUT2D eigenvalue weighted by Gasteiger charge is 2.17. The minimum Gasteiger partial charge on any atom is -0.241 e. The third kappa shape index (κ3) is 3.45. The number of hydrogen-bond acceptors (Lipinski definition) is 2. The van der Waals surface area contributed by atoms with Crippen molar-refractivity contribution < 1.29 is 0 Å². The van der Waals surface area contributed by atoms with Gasteiger partial charge in [0.1, 0.15) is 0 Å². The fourth-order valence-corrected chi connectivity index (χ4v) is 4.31. The summed E-state index contributed by atoms with van der Waals surface area (Å²) < 4.78 is 0. The van der Waals surface area contributed by atoms with Crippen LogP contribution in [-0.4, -0.2) is 4.98 Å². The normalized spacial score (nSPS) is 11.1. The molecule has 0 unspecified atom stereocenters. The molecule has 122 valence electrons. The molecule has 0 amide bonds. The summed E-state index contributed by atoms with van der Waals surface area (Å²) in [6.45, 7) is 2.16. The molecule has 0 fully saturated rings. The lowest BCUT2D eigenvalue weighted by Gasteiger charge is -2.18. The fraction of sp³-hybridized carbons (Fsp3) is 0.0870. The van der Waals surface area contributed by atoms with Crippen LogP contribution in [0.15, 0.2) is 96.0 Å². The van der Waals surface area contributed by atoms with Gasteiger partial charge < -0.3 is 0 Å². The molecule has 0 N–H and O–H groups in total. The predicted molar refractivity (Wildman–Crippen MR) is 107 cm³/mol. The Morgan fingerprint density at radius 2 is 1.28 bits per heavy atom. The molecule has 0 aliphatic rings. The molecule has 0 saturated heterocycles. The summed E-state index contributed by atoms with van der Waals surface area (Å²) in [4.78, 5) is 4.89. The monoisotopic (exact) mass is 341 g/mol. The Labute approximate surface area is 152 Å². The molecule has 4 rings (SSSR count). The van der Waals surface area contributed by atoms with Gasteiger partial charge in [0.2, 0.25) is 0 Å².